The molecule has 1 aromatic heterocycles. The Morgan fingerprint density at radius 2 is 1.61 bits per heavy atom. The number of para-hydroxylation sites is 1. The van der Waals surface area contributed by atoms with Crippen LogP contribution in [0.5, 0.6) is 0 Å². The lowest BCUT2D eigenvalue weighted by Crippen LogP contribution is -2.60. The van der Waals surface area contributed by atoms with Gasteiger partial charge in [0.05, 0.1) is 11.4 Å². The zero-order valence-corrected chi connectivity index (χ0v) is 39.8. The highest BCUT2D eigenvalue weighted by atomic mass is 16.4. The fourth-order valence-corrected chi connectivity index (χ4v) is 14.6. The molecular formula is C53H80N4O5. The van der Waals surface area contributed by atoms with Crippen LogP contribution in [0.1, 0.15) is 143 Å². The number of carboxylic acid groups (broad SMARTS) is 1. The fraction of sp³-hybridized carbons (Fsp3) is 0.717. The molecule has 5 N–H and O–H groups in total. The zero-order chi connectivity index (χ0) is 45.4. The Bertz CT molecular complexity index is 1990. The number of pyridine rings is 1. The lowest BCUT2D eigenvalue weighted by Gasteiger charge is -2.67. The van der Waals surface area contributed by atoms with Crippen molar-refractivity contribution < 1.29 is 24.3 Å². The van der Waals surface area contributed by atoms with Gasteiger partial charge in [0.15, 0.2) is 12.1 Å². The summed E-state index contributed by atoms with van der Waals surface area (Å²) in [6.45, 7) is 20.6. The van der Waals surface area contributed by atoms with Gasteiger partial charge in [-0.15, -0.1) is 0 Å². The number of carbonyl (C=O) groups excluding carboxylic acids is 3. The van der Waals surface area contributed by atoms with Crippen molar-refractivity contribution in [2.75, 3.05) is 27.2 Å². The van der Waals surface area contributed by atoms with Crippen molar-refractivity contribution in [1.29, 1.82) is 0 Å². The maximum absolute atomic E-state index is 13.8. The number of nitrogens with one attached hydrogen (secondary N) is 2. The maximum atomic E-state index is 13.8. The summed E-state index contributed by atoms with van der Waals surface area (Å²) >= 11 is 0. The summed E-state index contributed by atoms with van der Waals surface area (Å²) in [7, 11) is 3.53. The van der Waals surface area contributed by atoms with Crippen LogP contribution in [0.2, 0.25) is 0 Å². The molecule has 0 amide bonds. The van der Waals surface area contributed by atoms with Gasteiger partial charge < -0.3 is 21.5 Å². The summed E-state index contributed by atoms with van der Waals surface area (Å²) < 4.78 is 0. The van der Waals surface area contributed by atoms with Crippen molar-refractivity contribution in [3.8, 4) is 0 Å². The minimum Gasteiger partial charge on any atom is -0.481 e. The number of carbonyl (C=O) groups is 4. The van der Waals surface area contributed by atoms with Crippen LogP contribution in [-0.2, 0) is 14.4 Å². The Morgan fingerprint density at radius 1 is 0.935 bits per heavy atom. The molecule has 0 spiro atoms. The van der Waals surface area contributed by atoms with Gasteiger partial charge in [-0.3, -0.25) is 19.2 Å². The Balaban J connectivity index is 0.000000389. The molecular weight excluding hydrogens is 773 g/mol. The van der Waals surface area contributed by atoms with Crippen molar-refractivity contribution in [2.45, 2.75) is 138 Å². The van der Waals surface area contributed by atoms with Gasteiger partial charge >= 0.3 is 5.97 Å². The van der Waals surface area contributed by atoms with Crippen LogP contribution in [0.15, 0.2) is 47.5 Å². The van der Waals surface area contributed by atoms with E-state index in [2.05, 4.69) is 69.8 Å². The second kappa shape index (κ2) is 19.1. The van der Waals surface area contributed by atoms with E-state index < -0.39 is 5.97 Å². The number of likely N-dealkylation sites (N-methyl/N-ethyl adjacent to an activating group) is 1. The number of nitrogens with two attached hydrogens (primary N) is 1. The van der Waals surface area contributed by atoms with E-state index in [0.29, 0.717) is 82.4 Å². The summed E-state index contributed by atoms with van der Waals surface area (Å²) in [5.74, 6) is 3.40. The maximum Gasteiger partial charge on any atom is 0.306 e. The number of fused-ring (bicyclic) bond motifs is 8. The van der Waals surface area contributed by atoms with Crippen LogP contribution < -0.4 is 16.4 Å². The molecule has 1 aromatic carbocycles. The SMILES string of the molecule is CN.CNC(C)(C)CNCCC12CCC3C(CCC4C3(C)CCC3C(C)C(CC(=O)C5CC(C(=O)O)C5C)CCC34C)C1=C(C(C)C)C(=O)C2.O=Cc1ccc2ccccc2n1. The lowest BCUT2D eigenvalue weighted by molar-refractivity contribution is -0.172. The molecule has 342 valence electrons. The Labute approximate surface area is 373 Å². The number of ketones is 2. The number of allylic oxidation sites excluding steroid dienone is 2. The molecule has 0 bridgehead atoms. The van der Waals surface area contributed by atoms with Gasteiger partial charge in [0, 0.05) is 41.6 Å². The first kappa shape index (κ1) is 48.2. The summed E-state index contributed by atoms with van der Waals surface area (Å²) in [6.07, 6.45) is 13.5. The number of nitrogens with zero attached hydrogens (tertiary/aromatic N) is 1. The van der Waals surface area contributed by atoms with Gasteiger partial charge in [0.25, 0.3) is 0 Å². The summed E-state index contributed by atoms with van der Waals surface area (Å²) in [5, 5.41) is 17.7. The number of hydrogen-bond acceptors (Lipinski definition) is 8. The Morgan fingerprint density at radius 3 is 2.27 bits per heavy atom. The summed E-state index contributed by atoms with van der Waals surface area (Å²) in [5.41, 5.74) is 9.34. The first-order valence-corrected chi connectivity index (χ1v) is 24.2. The Hall–Kier alpha value is -3.27. The molecule has 6 aliphatic rings. The molecule has 0 saturated heterocycles. The van der Waals surface area contributed by atoms with Gasteiger partial charge in [-0.2, -0.15) is 0 Å². The topological polar surface area (TPSA) is 151 Å². The highest BCUT2D eigenvalue weighted by Crippen LogP contribution is 2.72. The van der Waals surface area contributed by atoms with Crippen LogP contribution in [0.4, 0.5) is 0 Å². The average Bonchev–Trinajstić information content (AvgIpc) is 3.55. The van der Waals surface area contributed by atoms with Crippen LogP contribution in [0.3, 0.4) is 0 Å². The molecule has 5 fully saturated rings. The molecule has 9 heteroatoms. The van der Waals surface area contributed by atoms with Crippen LogP contribution >= 0.6 is 0 Å². The molecule has 8 rings (SSSR count). The molecule has 0 aliphatic heterocycles. The normalized spacial score (nSPS) is 36.1. The van der Waals surface area contributed by atoms with E-state index in [4.69, 9.17) is 0 Å². The molecule has 62 heavy (non-hydrogen) atoms. The molecule has 9 nitrogen and oxygen atoms in total. The number of aromatic nitrogens is 1. The van der Waals surface area contributed by atoms with Crippen LogP contribution in [-0.4, -0.2) is 66.6 Å². The summed E-state index contributed by atoms with van der Waals surface area (Å²) in [6, 6.07) is 11.3. The zero-order valence-electron chi connectivity index (χ0n) is 39.8. The standard InChI is InChI=1S/C42H68N2O4.C10H7NO.CH5N/c1-24(2)36-34(46)22-42(18-19-44-23-39(5,6)43-9)17-14-32-28(37(36)42)10-11-35-40(7)15-12-27(25(3)31(40)13-16-41(32,35)8)20-33(45)29-21-30(26(29)4)38(47)48;12-7-9-6-5-8-3-1-2-4-10(8)11-9;1-2/h24-32,35,43-44H,10-23H2,1-9H3,(H,47,48);1-7H;2H2,1H3. The van der Waals surface area contributed by atoms with Crippen molar-refractivity contribution in [2.24, 2.45) is 81.2 Å². The minimum absolute atomic E-state index is 0.0257. The van der Waals surface area contributed by atoms with E-state index in [1.54, 1.807) is 11.6 Å². The molecule has 12 unspecified atom stereocenters. The number of Topliss-reactive ketones (excluding diaryl/α,β-unsaturated/α-hetero) is 2. The van der Waals surface area contributed by atoms with Gasteiger partial charge in [-0.25, -0.2) is 4.98 Å². The van der Waals surface area contributed by atoms with E-state index in [9.17, 15) is 24.3 Å². The quantitative estimate of drug-likeness (QED) is 0.121. The number of aldehydes is 1. The molecule has 5 saturated carbocycles. The number of rotatable bonds is 12. The van der Waals surface area contributed by atoms with E-state index in [1.165, 1.54) is 51.1 Å². The highest BCUT2D eigenvalue weighted by Gasteiger charge is 2.64. The molecule has 0 radical (unpaired) electrons. The predicted molar refractivity (Wildman–Crippen MR) is 250 cm³/mol. The van der Waals surface area contributed by atoms with Gasteiger partial charge in [0.2, 0.25) is 0 Å². The molecule has 6 aliphatic carbocycles. The second-order valence-electron chi connectivity index (χ2n) is 22.0. The van der Waals surface area contributed by atoms with E-state index in [0.717, 1.165) is 56.0 Å². The third-order valence-corrected chi connectivity index (χ3v) is 18.2. The van der Waals surface area contributed by atoms with Gasteiger partial charge in [0.1, 0.15) is 11.5 Å². The highest BCUT2D eigenvalue weighted by molar-refractivity contribution is 6.00. The summed E-state index contributed by atoms with van der Waals surface area (Å²) in [4.78, 5) is 53.3. The van der Waals surface area contributed by atoms with Gasteiger partial charge in [-0.1, -0.05) is 71.4 Å². The first-order valence-electron chi connectivity index (χ1n) is 24.2. The van der Waals surface area contributed by atoms with Crippen molar-refractivity contribution >= 4 is 34.7 Å². The van der Waals surface area contributed by atoms with Crippen LogP contribution in [0, 0.1) is 75.4 Å². The number of carboxylic acids is 1. The van der Waals surface area contributed by atoms with Crippen molar-refractivity contribution in [1.82, 2.24) is 15.6 Å². The van der Waals surface area contributed by atoms with Crippen molar-refractivity contribution in [3.05, 3.63) is 53.2 Å². The van der Waals surface area contributed by atoms with Gasteiger partial charge in [-0.05, 0) is 175 Å². The molecule has 1 heterocycles. The van der Waals surface area contributed by atoms with E-state index >= 15 is 0 Å². The fourth-order valence-electron chi connectivity index (χ4n) is 14.6. The number of aliphatic carboxylic acids is 1. The number of hydrogen-bond donors (Lipinski definition) is 4. The number of benzene rings is 1. The minimum atomic E-state index is -0.741. The third kappa shape index (κ3) is 8.90. The lowest BCUT2D eigenvalue weighted by atomic mass is 9.37. The monoisotopic (exact) mass is 853 g/mol. The third-order valence-electron chi connectivity index (χ3n) is 18.2. The molecule has 2 aromatic rings. The van der Waals surface area contributed by atoms with Crippen LogP contribution in [0.25, 0.3) is 10.9 Å². The van der Waals surface area contributed by atoms with E-state index in [-0.39, 0.29) is 28.7 Å². The van der Waals surface area contributed by atoms with Crippen molar-refractivity contribution in [3.63, 3.8) is 0 Å². The smallest absolute Gasteiger partial charge is 0.306 e. The largest absolute Gasteiger partial charge is 0.481 e. The van der Waals surface area contributed by atoms with E-state index in [1.807, 2.05) is 44.3 Å². The molecule has 12 atom stereocenters. The average molecular weight is 853 g/mol. The Kier molecular flexibility index (Phi) is 14.8. The first-order chi connectivity index (χ1) is 29.4. The second-order valence-corrected chi connectivity index (χ2v) is 22.0. The predicted octanol–water partition coefficient (Wildman–Crippen LogP) is 9.72.